The minimum atomic E-state index is -3.25. The minimum Gasteiger partial charge on any atom is -0.468 e. The fourth-order valence-electron chi connectivity index (χ4n) is 2.83. The van der Waals surface area contributed by atoms with Gasteiger partial charge in [0.05, 0.1) is 16.4 Å². The van der Waals surface area contributed by atoms with Crippen LogP contribution in [0.1, 0.15) is 33.8 Å². The molecule has 0 N–H and O–H groups in total. The highest BCUT2D eigenvalue weighted by molar-refractivity contribution is 7.91. The number of rotatable bonds is 4. The smallest absolute Gasteiger partial charge is 0.263 e. The molecule has 1 amide bonds. The molecule has 0 aliphatic carbocycles. The number of hydrogen-bond acceptors (Lipinski definition) is 5. The summed E-state index contributed by atoms with van der Waals surface area (Å²) < 4.78 is 30.0. The van der Waals surface area contributed by atoms with Crippen molar-refractivity contribution in [3.05, 3.63) is 46.0 Å². The average Bonchev–Trinajstić information content (AvgIpc) is 3.18. The Hall–Kier alpha value is -1.60. The molecule has 5 nitrogen and oxygen atoms in total. The third kappa shape index (κ3) is 3.67. The zero-order valence-corrected chi connectivity index (χ0v) is 14.5. The predicted molar refractivity (Wildman–Crippen MR) is 89.3 cm³/mol. The van der Waals surface area contributed by atoms with E-state index in [1.807, 2.05) is 18.4 Å². The summed E-state index contributed by atoms with van der Waals surface area (Å²) in [7, 11) is -3.25. The molecule has 0 atom stereocenters. The van der Waals surface area contributed by atoms with Crippen molar-refractivity contribution in [2.24, 2.45) is 0 Å². The number of thiophene rings is 1. The van der Waals surface area contributed by atoms with Gasteiger partial charge in [0.25, 0.3) is 5.91 Å². The molecule has 0 bridgehead atoms. The van der Waals surface area contributed by atoms with Crippen LogP contribution in [0.5, 0.6) is 0 Å². The van der Waals surface area contributed by atoms with E-state index < -0.39 is 15.1 Å². The Labute approximate surface area is 139 Å². The number of carbonyl (C=O) groups excluding carboxylic acids is 1. The number of piperidine rings is 1. The summed E-state index contributed by atoms with van der Waals surface area (Å²) in [6.45, 7) is 2.93. The molecule has 124 valence electrons. The van der Waals surface area contributed by atoms with Gasteiger partial charge in [0.1, 0.15) is 11.5 Å². The number of amides is 1. The van der Waals surface area contributed by atoms with Crippen molar-refractivity contribution in [1.82, 2.24) is 4.90 Å². The van der Waals surface area contributed by atoms with E-state index in [4.69, 9.17) is 4.42 Å². The van der Waals surface area contributed by atoms with Crippen molar-refractivity contribution >= 4 is 27.1 Å². The lowest BCUT2D eigenvalue weighted by Crippen LogP contribution is -2.42. The van der Waals surface area contributed by atoms with E-state index in [1.165, 1.54) is 17.6 Å². The van der Waals surface area contributed by atoms with Crippen LogP contribution >= 0.6 is 11.3 Å². The van der Waals surface area contributed by atoms with Gasteiger partial charge in [-0.15, -0.1) is 11.3 Å². The molecule has 1 aliphatic heterocycles. The fraction of sp³-hybridized carbons (Fsp3) is 0.438. The van der Waals surface area contributed by atoms with E-state index in [-0.39, 0.29) is 11.7 Å². The molecule has 3 heterocycles. The molecule has 1 fully saturated rings. The third-order valence-corrected chi connectivity index (χ3v) is 7.31. The van der Waals surface area contributed by atoms with Gasteiger partial charge in [-0.05, 0) is 48.9 Å². The maximum Gasteiger partial charge on any atom is 0.263 e. The van der Waals surface area contributed by atoms with E-state index in [9.17, 15) is 13.2 Å². The highest BCUT2D eigenvalue weighted by atomic mass is 32.2. The summed E-state index contributed by atoms with van der Waals surface area (Å²) in [5.41, 5.74) is 1.08. The van der Waals surface area contributed by atoms with Gasteiger partial charge in [-0.3, -0.25) is 4.79 Å². The van der Waals surface area contributed by atoms with E-state index >= 15 is 0 Å². The third-order valence-electron chi connectivity index (χ3n) is 4.10. The fourth-order valence-corrected chi connectivity index (χ4v) is 5.42. The SMILES string of the molecule is Cc1csc(C(=O)N2CCC(S(=O)(=O)Cc3ccco3)CC2)c1. The monoisotopic (exact) mass is 353 g/mol. The highest BCUT2D eigenvalue weighted by Crippen LogP contribution is 2.24. The van der Waals surface area contributed by atoms with E-state index in [1.54, 1.807) is 17.0 Å². The Bertz CT molecular complexity index is 769. The molecule has 2 aromatic heterocycles. The summed E-state index contributed by atoms with van der Waals surface area (Å²) in [6.07, 6.45) is 2.45. The van der Waals surface area contributed by atoms with E-state index in [0.29, 0.717) is 31.7 Å². The molecule has 1 aliphatic rings. The summed E-state index contributed by atoms with van der Waals surface area (Å²) in [5.74, 6) is 0.408. The van der Waals surface area contributed by atoms with Crippen LogP contribution in [0.4, 0.5) is 0 Å². The Morgan fingerprint density at radius 2 is 2.13 bits per heavy atom. The van der Waals surface area contributed by atoms with Gasteiger partial charge in [-0.25, -0.2) is 8.42 Å². The van der Waals surface area contributed by atoms with Crippen LogP contribution in [0.25, 0.3) is 0 Å². The molecule has 1 saturated heterocycles. The topological polar surface area (TPSA) is 67.6 Å². The summed E-state index contributed by atoms with van der Waals surface area (Å²) in [4.78, 5) is 14.9. The van der Waals surface area contributed by atoms with Crippen LogP contribution in [0.2, 0.25) is 0 Å². The van der Waals surface area contributed by atoms with Gasteiger partial charge >= 0.3 is 0 Å². The second kappa shape index (κ2) is 6.49. The van der Waals surface area contributed by atoms with Crippen molar-refractivity contribution < 1.29 is 17.6 Å². The van der Waals surface area contributed by atoms with Gasteiger partial charge in [0, 0.05) is 13.1 Å². The summed E-state index contributed by atoms with van der Waals surface area (Å²) in [5, 5.41) is 1.55. The van der Waals surface area contributed by atoms with Gasteiger partial charge < -0.3 is 9.32 Å². The van der Waals surface area contributed by atoms with Crippen LogP contribution in [0.15, 0.2) is 34.3 Å². The van der Waals surface area contributed by atoms with Crippen molar-refractivity contribution in [2.75, 3.05) is 13.1 Å². The number of aryl methyl sites for hydroxylation is 1. The molecule has 0 radical (unpaired) electrons. The van der Waals surface area contributed by atoms with Gasteiger partial charge in [-0.1, -0.05) is 0 Å². The van der Waals surface area contributed by atoms with Crippen LogP contribution in [-0.2, 0) is 15.6 Å². The van der Waals surface area contributed by atoms with E-state index in [2.05, 4.69) is 0 Å². The van der Waals surface area contributed by atoms with Crippen molar-refractivity contribution in [3.63, 3.8) is 0 Å². The van der Waals surface area contributed by atoms with Crippen LogP contribution < -0.4 is 0 Å². The minimum absolute atomic E-state index is 0.00461. The zero-order valence-electron chi connectivity index (χ0n) is 12.9. The Kier molecular flexibility index (Phi) is 4.59. The van der Waals surface area contributed by atoms with Gasteiger partial charge in [0.2, 0.25) is 0 Å². The molecule has 7 heteroatoms. The molecule has 3 rings (SSSR count). The summed E-state index contributed by atoms with van der Waals surface area (Å²) >= 11 is 1.44. The number of carbonyl (C=O) groups is 1. The first kappa shape index (κ1) is 16.3. The predicted octanol–water partition coefficient (Wildman–Crippen LogP) is 2.87. The first-order valence-electron chi connectivity index (χ1n) is 7.54. The maximum absolute atomic E-state index is 12.4. The molecule has 0 spiro atoms. The largest absolute Gasteiger partial charge is 0.468 e. The molecular weight excluding hydrogens is 334 g/mol. The second-order valence-corrected chi connectivity index (χ2v) is 9.06. The molecule has 0 aromatic carbocycles. The normalized spacial score (nSPS) is 16.7. The van der Waals surface area contributed by atoms with Gasteiger partial charge in [-0.2, -0.15) is 0 Å². The molecule has 0 unspecified atom stereocenters. The Balaban J connectivity index is 1.60. The van der Waals surface area contributed by atoms with Crippen LogP contribution in [0, 0.1) is 6.92 Å². The first-order chi connectivity index (χ1) is 11.0. The standard InChI is InChI=1S/C16H19NO4S2/c1-12-9-15(22-10-12)16(18)17-6-4-14(5-7-17)23(19,20)11-13-3-2-8-21-13/h2-3,8-10,14H,4-7,11H2,1H3. The Morgan fingerprint density at radius 3 is 2.70 bits per heavy atom. The number of hydrogen-bond donors (Lipinski definition) is 0. The lowest BCUT2D eigenvalue weighted by Gasteiger charge is -2.31. The lowest BCUT2D eigenvalue weighted by molar-refractivity contribution is 0.0730. The molecule has 0 saturated carbocycles. The van der Waals surface area contributed by atoms with Crippen LogP contribution in [-0.4, -0.2) is 37.6 Å². The number of nitrogens with zero attached hydrogens (tertiary/aromatic N) is 1. The first-order valence-corrected chi connectivity index (χ1v) is 10.1. The molecule has 2 aromatic rings. The Morgan fingerprint density at radius 1 is 1.39 bits per heavy atom. The summed E-state index contributed by atoms with van der Waals surface area (Å²) in [6, 6.07) is 5.25. The number of likely N-dealkylation sites (tertiary alicyclic amines) is 1. The van der Waals surface area contributed by atoms with Crippen molar-refractivity contribution in [2.45, 2.75) is 30.8 Å². The zero-order chi connectivity index (χ0) is 16.4. The quantitative estimate of drug-likeness (QED) is 0.848. The number of furan rings is 1. The van der Waals surface area contributed by atoms with Crippen molar-refractivity contribution in [3.8, 4) is 0 Å². The van der Waals surface area contributed by atoms with Crippen LogP contribution in [0.3, 0.4) is 0 Å². The second-order valence-electron chi connectivity index (χ2n) is 5.87. The maximum atomic E-state index is 12.4. The molecule has 23 heavy (non-hydrogen) atoms. The van der Waals surface area contributed by atoms with Gasteiger partial charge in [0.15, 0.2) is 9.84 Å². The molecular formula is C16H19NO4S2. The van der Waals surface area contributed by atoms with Crippen molar-refractivity contribution in [1.29, 1.82) is 0 Å². The van der Waals surface area contributed by atoms with E-state index in [0.717, 1.165) is 10.4 Å². The highest BCUT2D eigenvalue weighted by Gasteiger charge is 2.32. The lowest BCUT2D eigenvalue weighted by atomic mass is 10.1. The number of sulfone groups is 1. The average molecular weight is 353 g/mol.